The third-order valence-corrected chi connectivity index (χ3v) is 2.85. The van der Waals surface area contributed by atoms with Crippen LogP contribution in [0.25, 0.3) is 0 Å². The lowest BCUT2D eigenvalue weighted by Gasteiger charge is -2.17. The molecule has 0 aliphatic carbocycles. The number of carboxylic acid groups (broad SMARTS) is 1. The van der Waals surface area contributed by atoms with Gasteiger partial charge in [-0.3, -0.25) is 9.59 Å². The Bertz CT molecular complexity index is 489. The predicted molar refractivity (Wildman–Crippen MR) is 72.5 cm³/mol. The van der Waals surface area contributed by atoms with Crippen LogP contribution in [0.3, 0.4) is 0 Å². The Morgan fingerprint density at radius 3 is 2.58 bits per heavy atom. The van der Waals surface area contributed by atoms with Crippen molar-refractivity contribution in [1.29, 1.82) is 0 Å². The molecule has 0 radical (unpaired) electrons. The zero-order valence-electron chi connectivity index (χ0n) is 11.2. The van der Waals surface area contributed by atoms with Crippen LogP contribution in [0.15, 0.2) is 12.1 Å². The summed E-state index contributed by atoms with van der Waals surface area (Å²) in [5.41, 5.74) is 1.17. The molecule has 0 unspecified atom stereocenters. The number of nitrogens with zero attached hydrogens (tertiary/aromatic N) is 2. The van der Waals surface area contributed by atoms with Crippen molar-refractivity contribution in [3.63, 3.8) is 0 Å². The third kappa shape index (κ3) is 4.52. The van der Waals surface area contributed by atoms with Crippen LogP contribution in [0.1, 0.15) is 42.2 Å². The first-order valence-corrected chi connectivity index (χ1v) is 6.33. The standard InChI is InChI=1S/C13H17ClN2O3/c1-8(2)10-6-9(7-11(14)15-10)13(19)16(3)5-4-12(17)18/h6-8H,4-5H2,1-3H3,(H,17,18). The first-order valence-electron chi connectivity index (χ1n) is 5.96. The summed E-state index contributed by atoms with van der Waals surface area (Å²) in [6, 6.07) is 3.18. The predicted octanol–water partition coefficient (Wildman–Crippen LogP) is 2.41. The maximum Gasteiger partial charge on any atom is 0.305 e. The molecule has 104 valence electrons. The van der Waals surface area contributed by atoms with Gasteiger partial charge in [-0.25, -0.2) is 4.98 Å². The molecular weight excluding hydrogens is 268 g/mol. The molecule has 0 bridgehead atoms. The smallest absolute Gasteiger partial charge is 0.305 e. The molecule has 1 aromatic heterocycles. The number of aromatic nitrogens is 1. The average Bonchev–Trinajstić information content (AvgIpc) is 2.34. The Balaban J connectivity index is 2.89. The van der Waals surface area contributed by atoms with Gasteiger partial charge in [0.25, 0.3) is 5.91 Å². The van der Waals surface area contributed by atoms with E-state index < -0.39 is 5.97 Å². The lowest BCUT2D eigenvalue weighted by atomic mass is 10.1. The van der Waals surface area contributed by atoms with Crippen LogP contribution in [-0.2, 0) is 4.79 Å². The Morgan fingerprint density at radius 1 is 1.42 bits per heavy atom. The number of carbonyl (C=O) groups is 2. The van der Waals surface area contributed by atoms with Gasteiger partial charge in [0, 0.05) is 24.8 Å². The number of rotatable bonds is 5. The van der Waals surface area contributed by atoms with E-state index in [0.717, 1.165) is 5.69 Å². The molecule has 0 aliphatic rings. The van der Waals surface area contributed by atoms with E-state index in [2.05, 4.69) is 4.98 Å². The molecule has 0 spiro atoms. The van der Waals surface area contributed by atoms with E-state index in [1.165, 1.54) is 11.0 Å². The molecule has 0 saturated heterocycles. The fraction of sp³-hybridized carbons (Fsp3) is 0.462. The first-order chi connectivity index (χ1) is 8.81. The van der Waals surface area contributed by atoms with Gasteiger partial charge < -0.3 is 10.0 Å². The SMILES string of the molecule is CC(C)c1cc(C(=O)N(C)CCC(=O)O)cc(Cl)n1. The molecule has 19 heavy (non-hydrogen) atoms. The lowest BCUT2D eigenvalue weighted by Crippen LogP contribution is -2.29. The molecule has 0 fully saturated rings. The highest BCUT2D eigenvalue weighted by Gasteiger charge is 2.15. The van der Waals surface area contributed by atoms with Gasteiger partial charge in [-0.2, -0.15) is 0 Å². The molecule has 1 heterocycles. The number of amides is 1. The highest BCUT2D eigenvalue weighted by atomic mass is 35.5. The van der Waals surface area contributed by atoms with Gasteiger partial charge in [-0.05, 0) is 18.1 Å². The van der Waals surface area contributed by atoms with Crippen LogP contribution in [0.4, 0.5) is 0 Å². The second-order valence-electron chi connectivity index (χ2n) is 4.63. The average molecular weight is 285 g/mol. The van der Waals surface area contributed by atoms with Gasteiger partial charge in [-0.15, -0.1) is 0 Å². The molecule has 0 aliphatic heterocycles. The van der Waals surface area contributed by atoms with Crippen molar-refractivity contribution in [2.45, 2.75) is 26.2 Å². The van der Waals surface area contributed by atoms with Crippen LogP contribution in [0, 0.1) is 0 Å². The fourth-order valence-corrected chi connectivity index (χ4v) is 1.74. The second-order valence-corrected chi connectivity index (χ2v) is 5.02. The summed E-state index contributed by atoms with van der Waals surface area (Å²) in [7, 11) is 1.56. The summed E-state index contributed by atoms with van der Waals surface area (Å²) < 4.78 is 0. The molecule has 1 N–H and O–H groups in total. The molecule has 5 nitrogen and oxygen atoms in total. The summed E-state index contributed by atoms with van der Waals surface area (Å²) >= 11 is 5.89. The summed E-state index contributed by atoms with van der Waals surface area (Å²) in [6.07, 6.45) is -0.0852. The number of aliphatic carboxylic acids is 1. The number of hydrogen-bond donors (Lipinski definition) is 1. The van der Waals surface area contributed by atoms with Crippen LogP contribution in [-0.4, -0.2) is 40.5 Å². The van der Waals surface area contributed by atoms with Crippen LogP contribution in [0.5, 0.6) is 0 Å². The maximum absolute atomic E-state index is 12.1. The van der Waals surface area contributed by atoms with E-state index in [-0.39, 0.29) is 29.9 Å². The summed E-state index contributed by atoms with van der Waals surface area (Å²) in [4.78, 5) is 28.1. The fourth-order valence-electron chi connectivity index (χ4n) is 1.52. The number of carbonyl (C=O) groups excluding carboxylic acids is 1. The largest absolute Gasteiger partial charge is 0.481 e. The molecule has 1 rings (SSSR count). The van der Waals surface area contributed by atoms with E-state index in [9.17, 15) is 9.59 Å². The van der Waals surface area contributed by atoms with Crippen LogP contribution in [0.2, 0.25) is 5.15 Å². The topological polar surface area (TPSA) is 70.5 Å². The maximum atomic E-state index is 12.1. The molecular formula is C13H17ClN2O3. The molecule has 1 aromatic rings. The molecule has 6 heteroatoms. The Kier molecular flexibility index (Phi) is 5.30. The lowest BCUT2D eigenvalue weighted by molar-refractivity contribution is -0.137. The highest BCUT2D eigenvalue weighted by Crippen LogP contribution is 2.18. The van der Waals surface area contributed by atoms with E-state index in [1.807, 2.05) is 13.8 Å². The van der Waals surface area contributed by atoms with Crippen LogP contribution < -0.4 is 0 Å². The van der Waals surface area contributed by atoms with Crippen molar-refractivity contribution in [2.24, 2.45) is 0 Å². The number of pyridine rings is 1. The van der Waals surface area contributed by atoms with Crippen LogP contribution >= 0.6 is 11.6 Å². The molecule has 0 saturated carbocycles. The van der Waals surface area contributed by atoms with Gasteiger partial charge in [0.15, 0.2) is 0 Å². The number of hydrogen-bond acceptors (Lipinski definition) is 3. The summed E-state index contributed by atoms with van der Waals surface area (Å²) in [5, 5.41) is 8.87. The van der Waals surface area contributed by atoms with Gasteiger partial charge in [0.1, 0.15) is 5.15 Å². The Hall–Kier alpha value is -1.62. The minimum atomic E-state index is -0.935. The van der Waals surface area contributed by atoms with Crippen molar-refractivity contribution in [2.75, 3.05) is 13.6 Å². The van der Waals surface area contributed by atoms with Gasteiger partial charge in [0.2, 0.25) is 0 Å². The minimum absolute atomic E-state index is 0.0852. The number of halogens is 1. The monoisotopic (exact) mass is 284 g/mol. The third-order valence-electron chi connectivity index (χ3n) is 2.66. The summed E-state index contributed by atoms with van der Waals surface area (Å²) in [6.45, 7) is 4.08. The van der Waals surface area contributed by atoms with Gasteiger partial charge in [-0.1, -0.05) is 25.4 Å². The van der Waals surface area contributed by atoms with Crippen molar-refractivity contribution in [3.8, 4) is 0 Å². The quantitative estimate of drug-likeness (QED) is 0.843. The molecule has 0 aromatic carbocycles. The van der Waals surface area contributed by atoms with E-state index >= 15 is 0 Å². The Morgan fingerprint density at radius 2 is 2.05 bits per heavy atom. The van der Waals surface area contributed by atoms with E-state index in [0.29, 0.717) is 5.56 Å². The van der Waals surface area contributed by atoms with Gasteiger partial charge >= 0.3 is 5.97 Å². The zero-order chi connectivity index (χ0) is 14.6. The van der Waals surface area contributed by atoms with Crippen molar-refractivity contribution in [1.82, 2.24) is 9.88 Å². The van der Waals surface area contributed by atoms with Crippen molar-refractivity contribution in [3.05, 3.63) is 28.5 Å². The summed E-state index contributed by atoms with van der Waals surface area (Å²) in [5.74, 6) is -1.03. The second kappa shape index (κ2) is 6.52. The van der Waals surface area contributed by atoms with Crippen molar-refractivity contribution < 1.29 is 14.7 Å². The Labute approximate surface area is 117 Å². The van der Waals surface area contributed by atoms with E-state index in [4.69, 9.17) is 16.7 Å². The van der Waals surface area contributed by atoms with Gasteiger partial charge in [0.05, 0.1) is 6.42 Å². The first kappa shape index (κ1) is 15.4. The zero-order valence-corrected chi connectivity index (χ0v) is 11.9. The molecule has 0 atom stereocenters. The number of carboxylic acids is 1. The molecule has 1 amide bonds. The normalized spacial score (nSPS) is 10.6. The highest BCUT2D eigenvalue weighted by molar-refractivity contribution is 6.29. The van der Waals surface area contributed by atoms with E-state index in [1.54, 1.807) is 13.1 Å². The van der Waals surface area contributed by atoms with Crippen molar-refractivity contribution >= 4 is 23.5 Å². The minimum Gasteiger partial charge on any atom is -0.481 e.